The summed E-state index contributed by atoms with van der Waals surface area (Å²) in [4.78, 5) is 0. The summed E-state index contributed by atoms with van der Waals surface area (Å²) in [6.45, 7) is 6.84. The molecule has 0 aromatic heterocycles. The molecular weight excluding hydrogens is 228 g/mol. The normalized spacial score (nSPS) is 14.1. The van der Waals surface area contributed by atoms with E-state index in [1.165, 1.54) is 29.5 Å². The minimum absolute atomic E-state index is 0.281. The van der Waals surface area contributed by atoms with Gasteiger partial charge < -0.3 is 0 Å². The van der Waals surface area contributed by atoms with Crippen LogP contribution < -0.4 is 0 Å². The minimum Gasteiger partial charge on any atom is -0.0645 e. The Labute approximate surface area is 117 Å². The van der Waals surface area contributed by atoms with E-state index in [9.17, 15) is 0 Å². The van der Waals surface area contributed by atoms with Crippen molar-refractivity contribution in [2.75, 3.05) is 0 Å². The number of rotatable bonds is 5. The predicted octanol–water partition coefficient (Wildman–Crippen LogP) is 5.30. The van der Waals surface area contributed by atoms with Crippen molar-refractivity contribution in [3.63, 3.8) is 0 Å². The molecule has 0 N–H and O–H groups in total. The standard InChI is InChI=1S/C19H24/c1-4-19(3,18-12-10-16(2)11-13-18)15-14-17-8-6-5-7-9-17/h5-13H,4,14-15H2,1-3H3. The van der Waals surface area contributed by atoms with E-state index < -0.39 is 0 Å². The zero-order valence-electron chi connectivity index (χ0n) is 12.3. The van der Waals surface area contributed by atoms with Crippen LogP contribution in [0.5, 0.6) is 0 Å². The fourth-order valence-corrected chi connectivity index (χ4v) is 2.55. The van der Waals surface area contributed by atoms with Gasteiger partial charge in [0, 0.05) is 0 Å². The number of aryl methyl sites for hydroxylation is 2. The molecule has 2 aromatic rings. The molecule has 0 heteroatoms. The summed E-state index contributed by atoms with van der Waals surface area (Å²) >= 11 is 0. The van der Waals surface area contributed by atoms with Crippen molar-refractivity contribution in [2.45, 2.75) is 45.4 Å². The Balaban J connectivity index is 2.12. The van der Waals surface area contributed by atoms with Gasteiger partial charge in [-0.1, -0.05) is 74.0 Å². The molecule has 2 rings (SSSR count). The Morgan fingerprint density at radius 2 is 1.53 bits per heavy atom. The van der Waals surface area contributed by atoms with Gasteiger partial charge in [0.25, 0.3) is 0 Å². The molecule has 0 spiro atoms. The highest BCUT2D eigenvalue weighted by molar-refractivity contribution is 5.28. The Morgan fingerprint density at radius 3 is 2.11 bits per heavy atom. The van der Waals surface area contributed by atoms with Crippen LogP contribution in [0.4, 0.5) is 0 Å². The molecule has 0 aliphatic carbocycles. The summed E-state index contributed by atoms with van der Waals surface area (Å²) in [6.07, 6.45) is 3.54. The largest absolute Gasteiger partial charge is 0.0645 e. The molecule has 0 saturated carbocycles. The van der Waals surface area contributed by atoms with Crippen LogP contribution in [0.25, 0.3) is 0 Å². The van der Waals surface area contributed by atoms with E-state index in [0.717, 1.165) is 6.42 Å². The first kappa shape index (κ1) is 13.9. The molecule has 0 aliphatic rings. The van der Waals surface area contributed by atoms with E-state index >= 15 is 0 Å². The molecular formula is C19H24. The molecule has 0 amide bonds. The highest BCUT2D eigenvalue weighted by atomic mass is 14.3. The van der Waals surface area contributed by atoms with Crippen LogP contribution in [0.15, 0.2) is 54.6 Å². The molecule has 0 fully saturated rings. The van der Waals surface area contributed by atoms with Gasteiger partial charge >= 0.3 is 0 Å². The average molecular weight is 252 g/mol. The molecule has 1 unspecified atom stereocenters. The van der Waals surface area contributed by atoms with Crippen molar-refractivity contribution >= 4 is 0 Å². The maximum atomic E-state index is 2.39. The van der Waals surface area contributed by atoms with E-state index in [2.05, 4.69) is 75.4 Å². The van der Waals surface area contributed by atoms with Crippen LogP contribution in [0, 0.1) is 6.92 Å². The lowest BCUT2D eigenvalue weighted by molar-refractivity contribution is 0.419. The summed E-state index contributed by atoms with van der Waals surface area (Å²) in [5, 5.41) is 0. The zero-order chi connectivity index (χ0) is 13.7. The van der Waals surface area contributed by atoms with Crippen LogP contribution in [-0.2, 0) is 11.8 Å². The first-order valence-electron chi connectivity index (χ1n) is 7.25. The smallest absolute Gasteiger partial charge is 0.00747 e. The SMILES string of the molecule is CCC(C)(CCc1ccccc1)c1ccc(C)cc1. The van der Waals surface area contributed by atoms with Crippen LogP contribution >= 0.6 is 0 Å². The third-order valence-corrected chi connectivity index (χ3v) is 4.34. The number of benzene rings is 2. The summed E-state index contributed by atoms with van der Waals surface area (Å²) in [7, 11) is 0. The van der Waals surface area contributed by atoms with Crippen LogP contribution in [-0.4, -0.2) is 0 Å². The maximum Gasteiger partial charge on any atom is -0.00747 e. The van der Waals surface area contributed by atoms with Crippen LogP contribution in [0.1, 0.15) is 43.4 Å². The fraction of sp³-hybridized carbons (Fsp3) is 0.368. The lowest BCUT2D eigenvalue weighted by Crippen LogP contribution is -2.21. The zero-order valence-corrected chi connectivity index (χ0v) is 12.3. The van der Waals surface area contributed by atoms with Gasteiger partial charge in [0.2, 0.25) is 0 Å². The van der Waals surface area contributed by atoms with Crippen molar-refractivity contribution in [3.05, 3.63) is 71.3 Å². The van der Waals surface area contributed by atoms with Crippen LogP contribution in [0.3, 0.4) is 0 Å². The molecule has 0 heterocycles. The van der Waals surface area contributed by atoms with E-state index in [0.29, 0.717) is 0 Å². The first-order valence-corrected chi connectivity index (χ1v) is 7.25. The van der Waals surface area contributed by atoms with Gasteiger partial charge in [0.15, 0.2) is 0 Å². The van der Waals surface area contributed by atoms with Crippen molar-refractivity contribution in [1.82, 2.24) is 0 Å². The van der Waals surface area contributed by atoms with E-state index in [1.54, 1.807) is 0 Å². The topological polar surface area (TPSA) is 0 Å². The summed E-state index contributed by atoms with van der Waals surface area (Å²) in [6, 6.07) is 19.8. The van der Waals surface area contributed by atoms with Gasteiger partial charge in [-0.05, 0) is 42.7 Å². The predicted molar refractivity (Wildman–Crippen MR) is 83.6 cm³/mol. The third-order valence-electron chi connectivity index (χ3n) is 4.34. The number of hydrogen-bond donors (Lipinski definition) is 0. The maximum absolute atomic E-state index is 2.39. The summed E-state index contributed by atoms with van der Waals surface area (Å²) in [5.41, 5.74) is 4.53. The van der Waals surface area contributed by atoms with Gasteiger partial charge in [-0.15, -0.1) is 0 Å². The average Bonchev–Trinajstić information content (AvgIpc) is 2.46. The summed E-state index contributed by atoms with van der Waals surface area (Å²) in [5.74, 6) is 0. The Morgan fingerprint density at radius 1 is 0.895 bits per heavy atom. The van der Waals surface area contributed by atoms with E-state index in [1.807, 2.05) is 0 Å². The monoisotopic (exact) mass is 252 g/mol. The molecule has 19 heavy (non-hydrogen) atoms. The van der Waals surface area contributed by atoms with Gasteiger partial charge in [-0.3, -0.25) is 0 Å². The van der Waals surface area contributed by atoms with Gasteiger partial charge in [0.05, 0.1) is 0 Å². The molecule has 0 aliphatic heterocycles. The molecule has 1 atom stereocenters. The van der Waals surface area contributed by atoms with Crippen molar-refractivity contribution in [1.29, 1.82) is 0 Å². The van der Waals surface area contributed by atoms with Gasteiger partial charge in [-0.2, -0.15) is 0 Å². The fourth-order valence-electron chi connectivity index (χ4n) is 2.55. The van der Waals surface area contributed by atoms with Crippen LogP contribution in [0.2, 0.25) is 0 Å². The molecule has 2 aromatic carbocycles. The molecule has 100 valence electrons. The van der Waals surface area contributed by atoms with Crippen molar-refractivity contribution in [2.24, 2.45) is 0 Å². The molecule has 0 bridgehead atoms. The third kappa shape index (κ3) is 3.47. The quantitative estimate of drug-likeness (QED) is 0.677. The molecule has 0 radical (unpaired) electrons. The molecule has 0 nitrogen and oxygen atoms in total. The first-order chi connectivity index (χ1) is 9.14. The molecule has 0 saturated heterocycles. The van der Waals surface area contributed by atoms with E-state index in [4.69, 9.17) is 0 Å². The van der Waals surface area contributed by atoms with Gasteiger partial charge in [0.1, 0.15) is 0 Å². The second kappa shape index (κ2) is 6.06. The Kier molecular flexibility index (Phi) is 4.42. The second-order valence-corrected chi connectivity index (χ2v) is 5.77. The van der Waals surface area contributed by atoms with E-state index in [-0.39, 0.29) is 5.41 Å². The number of hydrogen-bond acceptors (Lipinski definition) is 0. The Bertz CT molecular complexity index is 495. The minimum atomic E-state index is 0.281. The summed E-state index contributed by atoms with van der Waals surface area (Å²) < 4.78 is 0. The lowest BCUT2D eigenvalue weighted by atomic mass is 9.75. The highest BCUT2D eigenvalue weighted by Crippen LogP contribution is 2.32. The van der Waals surface area contributed by atoms with Gasteiger partial charge in [-0.25, -0.2) is 0 Å². The van der Waals surface area contributed by atoms with Crippen molar-refractivity contribution in [3.8, 4) is 0 Å². The Hall–Kier alpha value is -1.56. The lowest BCUT2D eigenvalue weighted by Gasteiger charge is -2.29. The highest BCUT2D eigenvalue weighted by Gasteiger charge is 2.23. The second-order valence-electron chi connectivity index (χ2n) is 5.77. The van der Waals surface area contributed by atoms with Crippen molar-refractivity contribution < 1.29 is 0 Å².